The first-order chi connectivity index (χ1) is 8.36. The Morgan fingerprint density at radius 3 is 3.00 bits per heavy atom. The van der Waals surface area contributed by atoms with Crippen LogP contribution in [0.25, 0.3) is 0 Å². The molecule has 0 aromatic carbocycles. The molecule has 17 heavy (non-hydrogen) atoms. The molecule has 5 nitrogen and oxygen atoms in total. The van der Waals surface area contributed by atoms with E-state index in [0.717, 1.165) is 38.2 Å². The molecule has 0 spiro atoms. The molecule has 2 heterocycles. The van der Waals surface area contributed by atoms with Gasteiger partial charge in [0.1, 0.15) is 0 Å². The predicted octanol–water partition coefficient (Wildman–Crippen LogP) is 0.239. The number of carbonyl (C=O) groups excluding carboxylic acids is 1. The fourth-order valence-electron chi connectivity index (χ4n) is 1.84. The Balaban J connectivity index is 1.69. The van der Waals surface area contributed by atoms with Crippen LogP contribution in [0.15, 0.2) is 24.5 Å². The van der Waals surface area contributed by atoms with E-state index >= 15 is 0 Å². The molecule has 5 heteroatoms. The maximum Gasteiger partial charge on any atom is 0.317 e. The second-order valence-electron chi connectivity index (χ2n) is 4.08. The van der Waals surface area contributed by atoms with Gasteiger partial charge in [-0.05, 0) is 18.1 Å². The Labute approximate surface area is 101 Å². The standard InChI is InChI=1S/C12H18N4O/c17-12(16-8-6-13-7-9-16)15-5-3-11-2-1-4-14-10-11/h1-2,4,10,13H,3,5-9H2,(H,15,17). The highest BCUT2D eigenvalue weighted by molar-refractivity contribution is 5.74. The van der Waals surface area contributed by atoms with Crippen LogP contribution in [0, 0.1) is 0 Å². The van der Waals surface area contributed by atoms with Crippen LogP contribution in [0.3, 0.4) is 0 Å². The van der Waals surface area contributed by atoms with Crippen molar-refractivity contribution >= 4 is 6.03 Å². The molecule has 0 saturated carbocycles. The lowest BCUT2D eigenvalue weighted by atomic mass is 10.2. The van der Waals surface area contributed by atoms with Crippen LogP contribution >= 0.6 is 0 Å². The highest BCUT2D eigenvalue weighted by Gasteiger charge is 2.14. The Morgan fingerprint density at radius 2 is 2.29 bits per heavy atom. The topological polar surface area (TPSA) is 57.3 Å². The zero-order valence-corrected chi connectivity index (χ0v) is 9.85. The molecule has 1 aromatic rings. The number of piperazine rings is 1. The van der Waals surface area contributed by atoms with E-state index in [2.05, 4.69) is 15.6 Å². The average molecular weight is 234 g/mol. The van der Waals surface area contributed by atoms with Gasteiger partial charge in [-0.1, -0.05) is 6.07 Å². The zero-order chi connectivity index (χ0) is 11.9. The molecule has 0 radical (unpaired) electrons. The van der Waals surface area contributed by atoms with Crippen LogP contribution in [0.5, 0.6) is 0 Å². The smallest absolute Gasteiger partial charge is 0.317 e. The molecule has 1 aliphatic heterocycles. The molecule has 0 unspecified atom stereocenters. The molecule has 1 aliphatic rings. The Bertz CT molecular complexity index is 349. The van der Waals surface area contributed by atoms with Gasteiger partial charge in [-0.3, -0.25) is 4.98 Å². The van der Waals surface area contributed by atoms with E-state index in [-0.39, 0.29) is 6.03 Å². The van der Waals surface area contributed by atoms with Gasteiger partial charge in [0.25, 0.3) is 0 Å². The monoisotopic (exact) mass is 234 g/mol. The number of rotatable bonds is 3. The largest absolute Gasteiger partial charge is 0.338 e. The van der Waals surface area contributed by atoms with Crippen molar-refractivity contribution in [2.24, 2.45) is 0 Å². The summed E-state index contributed by atoms with van der Waals surface area (Å²) in [6.07, 6.45) is 4.41. The number of urea groups is 1. The first-order valence-corrected chi connectivity index (χ1v) is 5.98. The number of nitrogens with one attached hydrogen (secondary N) is 2. The van der Waals surface area contributed by atoms with Gasteiger partial charge in [-0.25, -0.2) is 4.79 Å². The SMILES string of the molecule is O=C(NCCc1cccnc1)N1CCNCC1. The fourth-order valence-corrected chi connectivity index (χ4v) is 1.84. The summed E-state index contributed by atoms with van der Waals surface area (Å²) >= 11 is 0. The van der Waals surface area contributed by atoms with Crippen molar-refractivity contribution in [1.29, 1.82) is 0 Å². The number of amides is 2. The van der Waals surface area contributed by atoms with Crippen molar-refractivity contribution in [3.05, 3.63) is 30.1 Å². The molecule has 1 aromatic heterocycles. The van der Waals surface area contributed by atoms with Gasteiger partial charge in [-0.15, -0.1) is 0 Å². The summed E-state index contributed by atoms with van der Waals surface area (Å²) in [5.74, 6) is 0. The lowest BCUT2D eigenvalue weighted by Crippen LogP contribution is -2.50. The van der Waals surface area contributed by atoms with Crippen molar-refractivity contribution in [1.82, 2.24) is 20.5 Å². The predicted molar refractivity (Wildman–Crippen MR) is 65.8 cm³/mol. The summed E-state index contributed by atoms with van der Waals surface area (Å²) in [5.41, 5.74) is 1.15. The van der Waals surface area contributed by atoms with Crippen LogP contribution < -0.4 is 10.6 Å². The summed E-state index contributed by atoms with van der Waals surface area (Å²) in [4.78, 5) is 17.6. The van der Waals surface area contributed by atoms with Crippen molar-refractivity contribution in [3.8, 4) is 0 Å². The quantitative estimate of drug-likeness (QED) is 0.787. The first kappa shape index (κ1) is 11.9. The minimum Gasteiger partial charge on any atom is -0.338 e. The number of nitrogens with zero attached hydrogens (tertiary/aromatic N) is 2. The molecule has 2 rings (SSSR count). The van der Waals surface area contributed by atoms with Crippen LogP contribution in [-0.2, 0) is 6.42 Å². The maximum absolute atomic E-state index is 11.8. The highest BCUT2D eigenvalue weighted by atomic mass is 16.2. The van der Waals surface area contributed by atoms with E-state index in [9.17, 15) is 4.79 Å². The average Bonchev–Trinajstić information content (AvgIpc) is 2.41. The third kappa shape index (κ3) is 3.71. The lowest BCUT2D eigenvalue weighted by molar-refractivity contribution is 0.190. The molecule has 2 amide bonds. The first-order valence-electron chi connectivity index (χ1n) is 5.98. The number of pyridine rings is 1. The maximum atomic E-state index is 11.8. The molecular weight excluding hydrogens is 216 g/mol. The number of carbonyl (C=O) groups is 1. The number of aromatic nitrogens is 1. The Morgan fingerprint density at radius 1 is 1.47 bits per heavy atom. The van der Waals surface area contributed by atoms with E-state index in [0.29, 0.717) is 6.54 Å². The Kier molecular flexibility index (Phi) is 4.32. The second-order valence-corrected chi connectivity index (χ2v) is 4.08. The molecule has 1 saturated heterocycles. The van der Waals surface area contributed by atoms with Gasteiger partial charge in [-0.2, -0.15) is 0 Å². The molecule has 2 N–H and O–H groups in total. The highest BCUT2D eigenvalue weighted by Crippen LogP contribution is 1.97. The summed E-state index contributed by atoms with van der Waals surface area (Å²) in [6, 6.07) is 3.97. The number of hydrogen-bond donors (Lipinski definition) is 2. The van der Waals surface area contributed by atoms with Gasteiger partial charge >= 0.3 is 6.03 Å². The normalized spacial score (nSPS) is 15.6. The molecule has 0 bridgehead atoms. The van der Waals surface area contributed by atoms with Crippen molar-refractivity contribution in [2.75, 3.05) is 32.7 Å². The third-order valence-electron chi connectivity index (χ3n) is 2.82. The number of hydrogen-bond acceptors (Lipinski definition) is 3. The zero-order valence-electron chi connectivity index (χ0n) is 9.85. The van der Waals surface area contributed by atoms with E-state index in [1.54, 1.807) is 6.20 Å². The lowest BCUT2D eigenvalue weighted by Gasteiger charge is -2.27. The van der Waals surface area contributed by atoms with Gasteiger partial charge in [0.2, 0.25) is 0 Å². The minimum atomic E-state index is 0.0374. The van der Waals surface area contributed by atoms with E-state index in [1.165, 1.54) is 0 Å². The van der Waals surface area contributed by atoms with Gasteiger partial charge < -0.3 is 15.5 Å². The Hall–Kier alpha value is -1.62. The second kappa shape index (κ2) is 6.20. The van der Waals surface area contributed by atoms with Crippen LogP contribution in [-0.4, -0.2) is 48.6 Å². The van der Waals surface area contributed by atoms with Crippen molar-refractivity contribution in [3.63, 3.8) is 0 Å². The summed E-state index contributed by atoms with van der Waals surface area (Å²) in [7, 11) is 0. The molecule has 0 aliphatic carbocycles. The van der Waals surface area contributed by atoms with Crippen LogP contribution in [0.1, 0.15) is 5.56 Å². The van der Waals surface area contributed by atoms with Crippen molar-refractivity contribution in [2.45, 2.75) is 6.42 Å². The van der Waals surface area contributed by atoms with E-state index in [1.807, 2.05) is 23.2 Å². The van der Waals surface area contributed by atoms with Crippen LogP contribution in [0.2, 0.25) is 0 Å². The summed E-state index contributed by atoms with van der Waals surface area (Å²) < 4.78 is 0. The van der Waals surface area contributed by atoms with Crippen molar-refractivity contribution < 1.29 is 4.79 Å². The van der Waals surface area contributed by atoms with Crippen LogP contribution in [0.4, 0.5) is 4.79 Å². The molecular formula is C12H18N4O. The van der Waals surface area contributed by atoms with Gasteiger partial charge in [0.15, 0.2) is 0 Å². The van der Waals surface area contributed by atoms with Gasteiger partial charge in [0.05, 0.1) is 0 Å². The minimum absolute atomic E-state index is 0.0374. The molecule has 0 atom stereocenters. The summed E-state index contributed by atoms with van der Waals surface area (Å²) in [6.45, 7) is 4.01. The summed E-state index contributed by atoms with van der Waals surface area (Å²) in [5, 5.41) is 6.15. The molecule has 92 valence electrons. The third-order valence-corrected chi connectivity index (χ3v) is 2.82. The molecule has 1 fully saturated rings. The van der Waals surface area contributed by atoms with E-state index in [4.69, 9.17) is 0 Å². The van der Waals surface area contributed by atoms with Gasteiger partial charge in [0, 0.05) is 45.1 Å². The van der Waals surface area contributed by atoms with E-state index < -0.39 is 0 Å². The fraction of sp³-hybridized carbons (Fsp3) is 0.500.